The lowest BCUT2D eigenvalue weighted by atomic mass is 10.1. The van der Waals surface area contributed by atoms with Crippen LogP contribution in [-0.2, 0) is 22.5 Å². The summed E-state index contributed by atoms with van der Waals surface area (Å²) in [7, 11) is 3.11. The van der Waals surface area contributed by atoms with Crippen LogP contribution in [0.5, 0.6) is 11.5 Å². The number of carbonyl (C=O) groups excluding carboxylic acids is 1. The van der Waals surface area contributed by atoms with E-state index in [9.17, 15) is 9.59 Å². The van der Waals surface area contributed by atoms with Crippen molar-refractivity contribution in [3.05, 3.63) is 76.9 Å². The molecule has 0 aliphatic carbocycles. The number of hydrogen-bond donors (Lipinski definition) is 1. The molecule has 0 aliphatic rings. The van der Waals surface area contributed by atoms with Crippen LogP contribution in [0.1, 0.15) is 11.4 Å². The number of nitrogens with one attached hydrogen (secondary N) is 1. The van der Waals surface area contributed by atoms with E-state index < -0.39 is 0 Å². The maximum atomic E-state index is 12.9. The van der Waals surface area contributed by atoms with E-state index in [4.69, 9.17) is 14.2 Å². The number of carbonyl (C=O) groups is 1. The molecule has 1 aromatic heterocycles. The average molecular weight is 437 g/mol. The van der Waals surface area contributed by atoms with Crippen molar-refractivity contribution >= 4 is 16.8 Å². The number of aromatic nitrogens is 2. The molecule has 0 atom stereocenters. The Morgan fingerprint density at radius 3 is 2.75 bits per heavy atom. The molecule has 0 bridgehead atoms. The molecular weight excluding hydrogens is 410 g/mol. The van der Waals surface area contributed by atoms with Crippen molar-refractivity contribution in [2.24, 2.45) is 0 Å². The second-order valence-corrected chi connectivity index (χ2v) is 7.10. The molecule has 3 aromatic rings. The molecule has 8 nitrogen and oxygen atoms in total. The Balaban J connectivity index is 1.74. The molecule has 0 fully saturated rings. The number of ether oxygens (including phenoxy) is 3. The summed E-state index contributed by atoms with van der Waals surface area (Å²) in [5.41, 5.74) is 1.36. The topological polar surface area (TPSA) is 93.7 Å². The minimum Gasteiger partial charge on any atom is -0.493 e. The first-order valence-corrected chi connectivity index (χ1v) is 10.2. The maximum absolute atomic E-state index is 12.9. The van der Waals surface area contributed by atoms with Gasteiger partial charge in [0, 0.05) is 13.7 Å². The van der Waals surface area contributed by atoms with E-state index >= 15 is 0 Å². The van der Waals surface area contributed by atoms with Crippen LogP contribution in [-0.4, -0.2) is 54.8 Å². The summed E-state index contributed by atoms with van der Waals surface area (Å²) in [5.74, 6) is 1.14. The number of benzene rings is 2. The highest BCUT2D eigenvalue weighted by atomic mass is 16.5. The van der Waals surface area contributed by atoms with E-state index in [1.807, 2.05) is 18.2 Å². The summed E-state index contributed by atoms with van der Waals surface area (Å²) in [6.45, 7) is 4.32. The number of para-hydroxylation sites is 1. The van der Waals surface area contributed by atoms with Gasteiger partial charge in [0.2, 0.25) is 0 Å². The van der Waals surface area contributed by atoms with Crippen molar-refractivity contribution in [1.29, 1.82) is 0 Å². The number of allylic oxidation sites excluding steroid dienone is 1. The number of H-pyrrole nitrogens is 1. The summed E-state index contributed by atoms with van der Waals surface area (Å²) in [6, 6.07) is 12.6. The predicted octanol–water partition coefficient (Wildman–Crippen LogP) is 2.71. The van der Waals surface area contributed by atoms with Crippen LogP contribution in [0.4, 0.5) is 0 Å². The molecule has 0 saturated carbocycles. The molecule has 1 heterocycles. The second kappa shape index (κ2) is 11.1. The first-order chi connectivity index (χ1) is 15.5. The van der Waals surface area contributed by atoms with Crippen molar-refractivity contribution in [2.45, 2.75) is 13.0 Å². The summed E-state index contributed by atoms with van der Waals surface area (Å²) in [5, 5.41) is 0.501. The van der Waals surface area contributed by atoms with Crippen LogP contribution in [0.25, 0.3) is 10.9 Å². The molecule has 0 unspecified atom stereocenters. The number of nitrogens with zero attached hydrogens (tertiary/aromatic N) is 2. The Morgan fingerprint density at radius 1 is 1.19 bits per heavy atom. The summed E-state index contributed by atoms with van der Waals surface area (Å²) in [6.07, 6.45) is 2.51. The smallest absolute Gasteiger partial charge is 0.260 e. The van der Waals surface area contributed by atoms with Gasteiger partial charge in [-0.25, -0.2) is 4.98 Å². The molecule has 0 spiro atoms. The van der Waals surface area contributed by atoms with E-state index in [-0.39, 0.29) is 24.6 Å². The third kappa shape index (κ3) is 5.73. The van der Waals surface area contributed by atoms with Gasteiger partial charge in [0.25, 0.3) is 11.5 Å². The minimum atomic E-state index is -0.268. The molecule has 2 aromatic carbocycles. The van der Waals surface area contributed by atoms with E-state index in [2.05, 4.69) is 16.5 Å². The minimum absolute atomic E-state index is 0.126. The van der Waals surface area contributed by atoms with Crippen molar-refractivity contribution in [2.75, 3.05) is 34.0 Å². The van der Waals surface area contributed by atoms with Crippen molar-refractivity contribution < 1.29 is 19.0 Å². The van der Waals surface area contributed by atoms with Gasteiger partial charge in [-0.15, -0.1) is 6.58 Å². The van der Waals surface area contributed by atoms with Gasteiger partial charge in [0.15, 0.2) is 18.1 Å². The second-order valence-electron chi connectivity index (χ2n) is 7.10. The standard InChI is InChI=1S/C24H27N3O5/c1-4-7-17-10-11-20(21(14-17)31-3)32-16-23(28)27(12-13-30-2)15-22-25-19-9-6-5-8-18(19)24(29)26-22/h4-6,8-11,14H,1,7,12-13,15-16H2,2-3H3,(H,25,26,29). The van der Waals surface area contributed by atoms with Gasteiger partial charge in [-0.3, -0.25) is 9.59 Å². The number of amides is 1. The monoisotopic (exact) mass is 437 g/mol. The lowest BCUT2D eigenvalue weighted by molar-refractivity contribution is -0.134. The van der Waals surface area contributed by atoms with Crippen LogP contribution < -0.4 is 15.0 Å². The van der Waals surface area contributed by atoms with Gasteiger partial charge < -0.3 is 24.1 Å². The van der Waals surface area contributed by atoms with Crippen LogP contribution >= 0.6 is 0 Å². The molecular formula is C24H27N3O5. The molecule has 0 radical (unpaired) electrons. The fourth-order valence-electron chi connectivity index (χ4n) is 3.24. The predicted molar refractivity (Wildman–Crippen MR) is 122 cm³/mol. The van der Waals surface area contributed by atoms with Crippen molar-refractivity contribution in [3.63, 3.8) is 0 Å². The largest absolute Gasteiger partial charge is 0.493 e. The van der Waals surface area contributed by atoms with Gasteiger partial charge >= 0.3 is 0 Å². The quantitative estimate of drug-likeness (QED) is 0.464. The molecule has 32 heavy (non-hydrogen) atoms. The van der Waals surface area contributed by atoms with Gasteiger partial charge in [-0.1, -0.05) is 24.3 Å². The highest BCUT2D eigenvalue weighted by Gasteiger charge is 2.18. The molecule has 3 rings (SSSR count). The first-order valence-electron chi connectivity index (χ1n) is 10.2. The van der Waals surface area contributed by atoms with E-state index in [0.29, 0.717) is 47.8 Å². The Hall–Kier alpha value is -3.65. The fraction of sp³-hybridized carbons (Fsp3) is 0.292. The maximum Gasteiger partial charge on any atom is 0.260 e. The Bertz CT molecular complexity index is 1140. The Kier molecular flexibility index (Phi) is 7.99. The summed E-state index contributed by atoms with van der Waals surface area (Å²) in [4.78, 5) is 34.0. The number of fused-ring (bicyclic) bond motifs is 1. The highest BCUT2D eigenvalue weighted by molar-refractivity contribution is 5.78. The summed E-state index contributed by atoms with van der Waals surface area (Å²) < 4.78 is 16.3. The van der Waals surface area contributed by atoms with Gasteiger partial charge in [-0.2, -0.15) is 0 Å². The number of rotatable bonds is 11. The first kappa shape index (κ1) is 23.0. The lowest BCUT2D eigenvalue weighted by Crippen LogP contribution is -2.37. The molecule has 1 N–H and O–H groups in total. The highest BCUT2D eigenvalue weighted by Crippen LogP contribution is 2.28. The number of methoxy groups -OCH3 is 2. The van der Waals surface area contributed by atoms with Crippen LogP contribution in [0.15, 0.2) is 59.9 Å². The van der Waals surface area contributed by atoms with Gasteiger partial charge in [0.05, 0.1) is 31.2 Å². The Morgan fingerprint density at radius 2 is 2.00 bits per heavy atom. The third-order valence-corrected chi connectivity index (χ3v) is 4.88. The zero-order valence-corrected chi connectivity index (χ0v) is 18.3. The van der Waals surface area contributed by atoms with Crippen LogP contribution in [0.2, 0.25) is 0 Å². The van der Waals surface area contributed by atoms with Crippen LogP contribution in [0.3, 0.4) is 0 Å². The summed E-state index contributed by atoms with van der Waals surface area (Å²) >= 11 is 0. The molecule has 0 aliphatic heterocycles. The van der Waals surface area contributed by atoms with E-state index in [0.717, 1.165) is 5.56 Å². The Labute approximate surface area is 186 Å². The van der Waals surface area contributed by atoms with E-state index in [1.54, 1.807) is 44.6 Å². The zero-order chi connectivity index (χ0) is 22.9. The average Bonchev–Trinajstić information content (AvgIpc) is 2.80. The molecule has 168 valence electrons. The number of hydrogen-bond acceptors (Lipinski definition) is 6. The SMILES string of the molecule is C=CCc1ccc(OCC(=O)N(CCOC)Cc2nc3ccccc3c(=O)[nH]2)c(OC)c1. The van der Waals surface area contributed by atoms with Crippen LogP contribution in [0, 0.1) is 0 Å². The van der Waals surface area contributed by atoms with Crippen molar-refractivity contribution in [3.8, 4) is 11.5 Å². The lowest BCUT2D eigenvalue weighted by Gasteiger charge is -2.22. The van der Waals surface area contributed by atoms with Gasteiger partial charge in [-0.05, 0) is 36.2 Å². The van der Waals surface area contributed by atoms with Gasteiger partial charge in [0.1, 0.15) is 5.82 Å². The third-order valence-electron chi connectivity index (χ3n) is 4.88. The molecule has 8 heteroatoms. The van der Waals surface area contributed by atoms with Crippen molar-refractivity contribution in [1.82, 2.24) is 14.9 Å². The normalized spacial score (nSPS) is 10.7. The zero-order valence-electron chi connectivity index (χ0n) is 18.3. The fourth-order valence-corrected chi connectivity index (χ4v) is 3.24. The van der Waals surface area contributed by atoms with E-state index in [1.165, 1.54) is 4.90 Å². The molecule has 1 amide bonds. The number of aromatic amines is 1. The molecule has 0 saturated heterocycles.